The van der Waals surface area contributed by atoms with Crippen molar-refractivity contribution in [3.05, 3.63) is 39.9 Å². The van der Waals surface area contributed by atoms with Crippen molar-refractivity contribution in [2.75, 3.05) is 12.4 Å². The van der Waals surface area contributed by atoms with Crippen molar-refractivity contribution in [2.45, 2.75) is 6.42 Å². The molecule has 1 N–H and O–H groups in total. The second-order valence-corrected chi connectivity index (χ2v) is 4.40. The van der Waals surface area contributed by atoms with Gasteiger partial charge in [-0.3, -0.25) is 14.9 Å². The molecule has 98 valence electrons. The Morgan fingerprint density at radius 2 is 2.00 bits per heavy atom. The van der Waals surface area contributed by atoms with Gasteiger partial charge >= 0.3 is 5.97 Å². The lowest BCUT2D eigenvalue weighted by Gasteiger charge is -2.03. The van der Waals surface area contributed by atoms with Crippen LogP contribution in [0.15, 0.2) is 24.3 Å². The van der Waals surface area contributed by atoms with E-state index >= 15 is 0 Å². The van der Waals surface area contributed by atoms with Gasteiger partial charge in [0.25, 0.3) is 5.69 Å². The third-order valence-corrected chi connectivity index (χ3v) is 2.53. The first kappa shape index (κ1) is 14.3. The van der Waals surface area contributed by atoms with Gasteiger partial charge in [0.1, 0.15) is 6.61 Å². The van der Waals surface area contributed by atoms with Gasteiger partial charge in [0.15, 0.2) is 11.1 Å². The molecule has 1 rings (SSSR count). The molecule has 0 fully saturated rings. The quantitative estimate of drug-likeness (QED) is 0.357. The zero-order valence-electron chi connectivity index (χ0n) is 9.27. The van der Waals surface area contributed by atoms with Gasteiger partial charge < -0.3 is 9.29 Å². The van der Waals surface area contributed by atoms with Gasteiger partial charge in [0, 0.05) is 12.1 Å². The van der Waals surface area contributed by atoms with Crippen LogP contribution in [0.4, 0.5) is 5.69 Å². The topological polar surface area (TPSA) is 107 Å². The molecule has 0 bridgehead atoms. The highest BCUT2D eigenvalue weighted by Gasteiger charge is 2.08. The van der Waals surface area contributed by atoms with E-state index in [1.54, 1.807) is 0 Å². The molecule has 8 heteroatoms. The zero-order chi connectivity index (χ0) is 13.5. The molecular weight excluding hydrogens is 262 g/mol. The van der Waals surface area contributed by atoms with Crippen LogP contribution in [0.25, 0.3) is 0 Å². The Kier molecular flexibility index (Phi) is 5.40. The van der Waals surface area contributed by atoms with E-state index in [0.717, 1.165) is 0 Å². The summed E-state index contributed by atoms with van der Waals surface area (Å²) in [4.78, 5) is 21.1. The fraction of sp³-hybridized carbons (Fsp3) is 0.300. The van der Waals surface area contributed by atoms with Crippen LogP contribution in [-0.4, -0.2) is 32.0 Å². The molecule has 0 saturated carbocycles. The molecule has 7 nitrogen and oxygen atoms in total. The van der Waals surface area contributed by atoms with Crippen LogP contribution >= 0.6 is 0 Å². The number of hydrogen-bond acceptors (Lipinski definition) is 5. The maximum absolute atomic E-state index is 11.3. The predicted molar refractivity (Wildman–Crippen MR) is 63.4 cm³/mol. The van der Waals surface area contributed by atoms with E-state index in [-0.39, 0.29) is 24.5 Å². The molecular formula is C10H11NO6S. The Hall–Kier alpha value is -1.80. The minimum Gasteiger partial charge on any atom is -0.464 e. The molecule has 0 aliphatic carbocycles. The van der Waals surface area contributed by atoms with E-state index in [4.69, 9.17) is 9.29 Å². The third-order valence-electron chi connectivity index (χ3n) is 2.02. The maximum Gasteiger partial charge on any atom is 0.310 e. The summed E-state index contributed by atoms with van der Waals surface area (Å²) in [6.45, 7) is -0.130. The fourth-order valence-electron chi connectivity index (χ4n) is 1.18. The van der Waals surface area contributed by atoms with E-state index < -0.39 is 22.0 Å². The second kappa shape index (κ2) is 6.82. The van der Waals surface area contributed by atoms with Crippen molar-refractivity contribution >= 4 is 22.7 Å². The number of carbonyl (C=O) groups is 1. The molecule has 0 radical (unpaired) electrons. The van der Waals surface area contributed by atoms with Gasteiger partial charge in [0.2, 0.25) is 0 Å². The normalized spacial score (nSPS) is 11.8. The first-order valence-electron chi connectivity index (χ1n) is 4.95. The predicted octanol–water partition coefficient (Wildman–Crippen LogP) is 0.902. The Morgan fingerprint density at radius 1 is 1.39 bits per heavy atom. The second-order valence-electron chi connectivity index (χ2n) is 3.35. The lowest BCUT2D eigenvalue weighted by atomic mass is 10.1. The van der Waals surface area contributed by atoms with Crippen molar-refractivity contribution in [2.24, 2.45) is 0 Å². The number of nitrogens with zero attached hydrogens (tertiary/aromatic N) is 1. The van der Waals surface area contributed by atoms with Gasteiger partial charge in [-0.2, -0.15) is 0 Å². The highest BCUT2D eigenvalue weighted by Crippen LogP contribution is 2.12. The van der Waals surface area contributed by atoms with Crippen molar-refractivity contribution in [1.29, 1.82) is 0 Å². The van der Waals surface area contributed by atoms with Crippen molar-refractivity contribution in [3.8, 4) is 0 Å². The van der Waals surface area contributed by atoms with Crippen LogP contribution < -0.4 is 0 Å². The molecule has 0 amide bonds. The van der Waals surface area contributed by atoms with E-state index in [9.17, 15) is 19.1 Å². The summed E-state index contributed by atoms with van der Waals surface area (Å²) in [7, 11) is 0. The monoisotopic (exact) mass is 273 g/mol. The summed E-state index contributed by atoms with van der Waals surface area (Å²) in [6, 6.07) is 5.52. The van der Waals surface area contributed by atoms with Gasteiger partial charge in [-0.25, -0.2) is 4.21 Å². The average molecular weight is 273 g/mol. The largest absolute Gasteiger partial charge is 0.464 e. The van der Waals surface area contributed by atoms with Crippen molar-refractivity contribution in [1.82, 2.24) is 0 Å². The average Bonchev–Trinajstić information content (AvgIpc) is 2.29. The first-order valence-corrected chi connectivity index (χ1v) is 6.23. The Balaban J connectivity index is 2.44. The van der Waals surface area contributed by atoms with Crippen LogP contribution in [0.3, 0.4) is 0 Å². The molecule has 0 heterocycles. The maximum atomic E-state index is 11.3. The van der Waals surface area contributed by atoms with Crippen LogP contribution in [-0.2, 0) is 27.0 Å². The number of nitro groups is 1. The zero-order valence-corrected chi connectivity index (χ0v) is 10.1. The fourth-order valence-corrected chi connectivity index (χ4v) is 1.41. The first-order chi connectivity index (χ1) is 8.49. The smallest absolute Gasteiger partial charge is 0.310 e. The molecule has 1 aromatic rings. The van der Waals surface area contributed by atoms with E-state index in [0.29, 0.717) is 5.56 Å². The summed E-state index contributed by atoms with van der Waals surface area (Å²) in [5, 5.41) is 10.4. The molecule has 0 aliphatic rings. The molecule has 0 aromatic heterocycles. The summed E-state index contributed by atoms with van der Waals surface area (Å²) in [5.74, 6) is -0.680. The summed E-state index contributed by atoms with van der Waals surface area (Å²) >= 11 is -1.99. The minimum absolute atomic E-state index is 0.0317. The Morgan fingerprint density at radius 3 is 2.50 bits per heavy atom. The van der Waals surface area contributed by atoms with Crippen LogP contribution in [0, 0.1) is 10.1 Å². The summed E-state index contributed by atoms with van der Waals surface area (Å²) in [5.41, 5.74) is 0.526. The molecule has 0 saturated heterocycles. The Labute approximate surface area is 105 Å². The number of carbonyl (C=O) groups excluding carboxylic acids is 1. The van der Waals surface area contributed by atoms with Gasteiger partial charge in [-0.15, -0.1) is 0 Å². The van der Waals surface area contributed by atoms with E-state index in [2.05, 4.69) is 0 Å². The molecule has 1 aromatic carbocycles. The standard InChI is InChI=1S/C10H11NO6S/c12-10(17-5-6-18(15)16)7-8-1-3-9(4-2-8)11(13)14/h1-4H,5-7H2,(H,15,16). The SMILES string of the molecule is O=C(Cc1ccc([N+](=O)[O-])cc1)OCCS(=O)O. The highest BCUT2D eigenvalue weighted by molar-refractivity contribution is 7.79. The lowest BCUT2D eigenvalue weighted by Crippen LogP contribution is -2.13. The van der Waals surface area contributed by atoms with Crippen molar-refractivity contribution in [3.63, 3.8) is 0 Å². The van der Waals surface area contributed by atoms with Crippen LogP contribution in [0.1, 0.15) is 5.56 Å². The number of nitro benzene ring substituents is 1. The third kappa shape index (κ3) is 5.02. The molecule has 1 atom stereocenters. The Bertz CT molecular complexity index is 458. The lowest BCUT2D eigenvalue weighted by molar-refractivity contribution is -0.384. The number of esters is 1. The molecule has 1 unspecified atom stereocenters. The van der Waals surface area contributed by atoms with Gasteiger partial charge in [-0.05, 0) is 5.56 Å². The number of benzene rings is 1. The summed E-state index contributed by atoms with van der Waals surface area (Å²) < 4.78 is 23.5. The van der Waals surface area contributed by atoms with Crippen molar-refractivity contribution < 1.29 is 23.2 Å². The number of ether oxygens (including phenoxy) is 1. The van der Waals surface area contributed by atoms with Gasteiger partial charge in [-0.1, -0.05) is 12.1 Å². The van der Waals surface area contributed by atoms with E-state index in [1.165, 1.54) is 24.3 Å². The molecule has 0 aliphatic heterocycles. The summed E-state index contributed by atoms with van der Waals surface area (Å²) in [6.07, 6.45) is -0.0317. The highest BCUT2D eigenvalue weighted by atomic mass is 32.2. The minimum atomic E-state index is -1.99. The molecule has 18 heavy (non-hydrogen) atoms. The van der Waals surface area contributed by atoms with Crippen LogP contribution in [0.2, 0.25) is 0 Å². The van der Waals surface area contributed by atoms with E-state index in [1.807, 2.05) is 0 Å². The number of hydrogen-bond donors (Lipinski definition) is 1. The van der Waals surface area contributed by atoms with Gasteiger partial charge in [0.05, 0.1) is 17.1 Å². The number of rotatable bonds is 6. The van der Waals surface area contributed by atoms with Crippen LogP contribution in [0.5, 0.6) is 0 Å². The molecule has 0 spiro atoms. The number of non-ortho nitro benzene ring substituents is 1.